The van der Waals surface area contributed by atoms with Gasteiger partial charge >= 0.3 is 0 Å². The Kier molecular flexibility index (Phi) is 7.05. The van der Waals surface area contributed by atoms with Gasteiger partial charge in [-0.2, -0.15) is 0 Å². The second kappa shape index (κ2) is 10.1. The van der Waals surface area contributed by atoms with Gasteiger partial charge in [-0.05, 0) is 60.5 Å². The number of amides is 1. The number of methoxy groups -OCH3 is 1. The fraction of sp³-hybridized carbons (Fsp3) is 0.217. The first-order valence-corrected chi connectivity index (χ1v) is 9.55. The van der Waals surface area contributed by atoms with E-state index in [2.05, 4.69) is 22.5 Å². The molecular weight excluding hydrogens is 366 g/mol. The van der Waals surface area contributed by atoms with Crippen molar-refractivity contribution in [3.63, 3.8) is 0 Å². The molecule has 6 heteroatoms. The number of aryl methyl sites for hydroxylation is 1. The predicted octanol–water partition coefficient (Wildman–Crippen LogP) is 4.40. The highest BCUT2D eigenvalue weighted by Gasteiger charge is 2.08. The molecule has 6 nitrogen and oxygen atoms in total. The first-order chi connectivity index (χ1) is 14.2. The van der Waals surface area contributed by atoms with Crippen LogP contribution in [0.4, 0.5) is 11.4 Å². The van der Waals surface area contributed by atoms with Crippen LogP contribution in [0.3, 0.4) is 0 Å². The highest BCUT2D eigenvalue weighted by atomic mass is 16.5. The molecule has 3 aromatic rings. The van der Waals surface area contributed by atoms with E-state index < -0.39 is 0 Å². The third kappa shape index (κ3) is 5.97. The van der Waals surface area contributed by atoms with Crippen molar-refractivity contribution >= 4 is 17.3 Å². The van der Waals surface area contributed by atoms with Gasteiger partial charge in [-0.25, -0.2) is 0 Å². The Morgan fingerprint density at radius 2 is 1.69 bits per heavy atom. The number of rotatable bonds is 9. The molecular formula is C23H25N3O3. The summed E-state index contributed by atoms with van der Waals surface area (Å²) in [6, 6.07) is 18.8. The van der Waals surface area contributed by atoms with Crippen LogP contribution in [-0.2, 0) is 6.42 Å². The molecule has 1 heterocycles. The Morgan fingerprint density at radius 1 is 0.966 bits per heavy atom. The normalized spacial score (nSPS) is 10.3. The number of nitrogens with zero attached hydrogens (tertiary/aromatic N) is 1. The summed E-state index contributed by atoms with van der Waals surface area (Å²) in [7, 11) is 1.63. The van der Waals surface area contributed by atoms with Crippen molar-refractivity contribution in [3.8, 4) is 11.5 Å². The summed E-state index contributed by atoms with van der Waals surface area (Å²) < 4.78 is 10.8. The molecule has 150 valence electrons. The monoisotopic (exact) mass is 391 g/mol. The van der Waals surface area contributed by atoms with Gasteiger partial charge in [0.1, 0.15) is 23.8 Å². The SMILES string of the molecule is CCc1ccc(NC(=O)c2cc(NCCOc3ccc(OC)cc3)ccn2)cc1. The molecule has 2 aromatic carbocycles. The van der Waals surface area contributed by atoms with Gasteiger partial charge in [-0.3, -0.25) is 9.78 Å². The van der Waals surface area contributed by atoms with E-state index in [9.17, 15) is 4.79 Å². The maximum absolute atomic E-state index is 12.5. The summed E-state index contributed by atoms with van der Waals surface area (Å²) >= 11 is 0. The smallest absolute Gasteiger partial charge is 0.274 e. The van der Waals surface area contributed by atoms with Crippen molar-refractivity contribution < 1.29 is 14.3 Å². The fourth-order valence-electron chi connectivity index (χ4n) is 2.72. The van der Waals surface area contributed by atoms with Crippen LogP contribution in [0.25, 0.3) is 0 Å². The van der Waals surface area contributed by atoms with E-state index in [0.29, 0.717) is 18.8 Å². The van der Waals surface area contributed by atoms with Gasteiger partial charge in [0.2, 0.25) is 0 Å². The molecule has 0 aliphatic rings. The molecule has 0 radical (unpaired) electrons. The second-order valence-electron chi connectivity index (χ2n) is 6.39. The number of ether oxygens (including phenoxy) is 2. The third-order valence-corrected chi connectivity index (χ3v) is 4.37. The predicted molar refractivity (Wildman–Crippen MR) is 115 cm³/mol. The van der Waals surface area contributed by atoms with Gasteiger partial charge in [0.15, 0.2) is 0 Å². The molecule has 0 saturated heterocycles. The van der Waals surface area contributed by atoms with Crippen molar-refractivity contribution in [2.45, 2.75) is 13.3 Å². The summed E-state index contributed by atoms with van der Waals surface area (Å²) in [5, 5.41) is 6.11. The Labute approximate surface area is 170 Å². The maximum Gasteiger partial charge on any atom is 0.274 e. The molecule has 0 aliphatic carbocycles. The minimum Gasteiger partial charge on any atom is -0.497 e. The van der Waals surface area contributed by atoms with Crippen molar-refractivity contribution in [3.05, 3.63) is 78.1 Å². The zero-order chi connectivity index (χ0) is 20.5. The van der Waals surface area contributed by atoms with Gasteiger partial charge in [0.25, 0.3) is 5.91 Å². The van der Waals surface area contributed by atoms with Gasteiger partial charge in [-0.1, -0.05) is 19.1 Å². The van der Waals surface area contributed by atoms with Gasteiger partial charge in [0, 0.05) is 24.1 Å². The molecule has 0 aliphatic heterocycles. The standard InChI is InChI=1S/C23H25N3O3/c1-3-17-4-6-18(7-5-17)26-23(27)22-16-19(12-13-25-22)24-14-15-29-21-10-8-20(28-2)9-11-21/h4-13,16H,3,14-15H2,1-2H3,(H,24,25)(H,26,27). The van der Waals surface area contributed by atoms with E-state index in [4.69, 9.17) is 9.47 Å². The minimum absolute atomic E-state index is 0.243. The number of carbonyl (C=O) groups is 1. The van der Waals surface area contributed by atoms with Crippen molar-refractivity contribution in [1.29, 1.82) is 0 Å². The Balaban J connectivity index is 1.49. The first-order valence-electron chi connectivity index (χ1n) is 9.55. The minimum atomic E-state index is -0.243. The van der Waals surface area contributed by atoms with E-state index in [-0.39, 0.29) is 5.91 Å². The van der Waals surface area contributed by atoms with Crippen LogP contribution in [0, 0.1) is 0 Å². The zero-order valence-electron chi connectivity index (χ0n) is 16.6. The van der Waals surface area contributed by atoms with Crippen LogP contribution in [0.1, 0.15) is 23.0 Å². The van der Waals surface area contributed by atoms with Gasteiger partial charge < -0.3 is 20.1 Å². The molecule has 0 fully saturated rings. The number of aromatic nitrogens is 1. The van der Waals surface area contributed by atoms with Crippen LogP contribution in [0.15, 0.2) is 66.9 Å². The summed E-state index contributed by atoms with van der Waals surface area (Å²) in [5.41, 5.74) is 3.14. The molecule has 2 N–H and O–H groups in total. The lowest BCUT2D eigenvalue weighted by atomic mass is 10.1. The number of anilines is 2. The molecule has 0 spiro atoms. The van der Waals surface area contributed by atoms with Crippen LogP contribution < -0.4 is 20.1 Å². The lowest BCUT2D eigenvalue weighted by molar-refractivity contribution is 0.102. The van der Waals surface area contributed by atoms with E-state index in [1.54, 1.807) is 19.4 Å². The number of hydrogen-bond acceptors (Lipinski definition) is 5. The van der Waals surface area contributed by atoms with Crippen LogP contribution >= 0.6 is 0 Å². The zero-order valence-corrected chi connectivity index (χ0v) is 16.6. The second-order valence-corrected chi connectivity index (χ2v) is 6.39. The van der Waals surface area contributed by atoms with E-state index in [1.807, 2.05) is 54.6 Å². The first kappa shape index (κ1) is 20.2. The molecule has 0 bridgehead atoms. The van der Waals surface area contributed by atoms with Crippen molar-refractivity contribution in [1.82, 2.24) is 4.98 Å². The lowest BCUT2D eigenvalue weighted by Crippen LogP contribution is -2.15. The van der Waals surface area contributed by atoms with E-state index in [0.717, 1.165) is 29.3 Å². The quantitative estimate of drug-likeness (QED) is 0.529. The Bertz CT molecular complexity index is 925. The van der Waals surface area contributed by atoms with E-state index in [1.165, 1.54) is 5.56 Å². The number of nitrogens with one attached hydrogen (secondary N) is 2. The number of pyridine rings is 1. The highest BCUT2D eigenvalue weighted by molar-refractivity contribution is 6.03. The summed E-state index contributed by atoms with van der Waals surface area (Å²) in [6.45, 7) is 3.17. The highest BCUT2D eigenvalue weighted by Crippen LogP contribution is 2.17. The van der Waals surface area contributed by atoms with E-state index >= 15 is 0 Å². The molecule has 29 heavy (non-hydrogen) atoms. The maximum atomic E-state index is 12.5. The van der Waals surface area contributed by atoms with Crippen LogP contribution in [-0.4, -0.2) is 31.2 Å². The van der Waals surface area contributed by atoms with Crippen LogP contribution in [0.2, 0.25) is 0 Å². The van der Waals surface area contributed by atoms with Crippen molar-refractivity contribution in [2.24, 2.45) is 0 Å². The number of hydrogen-bond donors (Lipinski definition) is 2. The van der Waals surface area contributed by atoms with Gasteiger partial charge in [0.05, 0.1) is 7.11 Å². The summed E-state index contributed by atoms with van der Waals surface area (Å²) in [6.07, 6.45) is 2.58. The Hall–Kier alpha value is -3.54. The summed E-state index contributed by atoms with van der Waals surface area (Å²) in [4.78, 5) is 16.6. The molecule has 0 saturated carbocycles. The Morgan fingerprint density at radius 3 is 2.38 bits per heavy atom. The van der Waals surface area contributed by atoms with Crippen LogP contribution in [0.5, 0.6) is 11.5 Å². The number of benzene rings is 2. The molecule has 1 aromatic heterocycles. The third-order valence-electron chi connectivity index (χ3n) is 4.37. The largest absolute Gasteiger partial charge is 0.497 e. The molecule has 0 atom stereocenters. The fourth-order valence-corrected chi connectivity index (χ4v) is 2.72. The average Bonchev–Trinajstić information content (AvgIpc) is 2.78. The molecule has 1 amide bonds. The number of carbonyl (C=O) groups excluding carboxylic acids is 1. The average molecular weight is 391 g/mol. The lowest BCUT2D eigenvalue weighted by Gasteiger charge is -2.10. The summed E-state index contributed by atoms with van der Waals surface area (Å²) in [5.74, 6) is 1.32. The molecule has 0 unspecified atom stereocenters. The topological polar surface area (TPSA) is 72.5 Å². The van der Waals surface area contributed by atoms with Gasteiger partial charge in [-0.15, -0.1) is 0 Å². The molecule has 3 rings (SSSR count). The van der Waals surface area contributed by atoms with Crippen molar-refractivity contribution in [2.75, 3.05) is 30.9 Å².